The van der Waals surface area contributed by atoms with Crippen LogP contribution in [0.1, 0.15) is 5.69 Å². The lowest BCUT2D eigenvalue weighted by Crippen LogP contribution is -2.14. The molecule has 2 N–H and O–H groups in total. The summed E-state index contributed by atoms with van der Waals surface area (Å²) in [6.45, 7) is 0. The second kappa shape index (κ2) is 7.76. The normalized spacial score (nSPS) is 12.3. The Morgan fingerprint density at radius 3 is 2.31 bits per heavy atom. The highest BCUT2D eigenvalue weighted by Crippen LogP contribution is 2.35. The lowest BCUT2D eigenvalue weighted by atomic mass is 10.1. The van der Waals surface area contributed by atoms with Gasteiger partial charge in [0.2, 0.25) is 10.0 Å². The first-order valence-electron chi connectivity index (χ1n) is 8.63. The minimum atomic E-state index is -4.84. The van der Waals surface area contributed by atoms with E-state index in [1.54, 1.807) is 5.38 Å². The molecule has 0 aliphatic heterocycles. The van der Waals surface area contributed by atoms with E-state index in [2.05, 4.69) is 10.1 Å². The summed E-state index contributed by atoms with van der Waals surface area (Å²) in [5, 5.41) is 10.00. The molecule has 32 heavy (non-hydrogen) atoms. The van der Waals surface area contributed by atoms with E-state index in [0.29, 0.717) is 17.8 Å². The Hall–Kier alpha value is -3.16. The van der Waals surface area contributed by atoms with Crippen molar-refractivity contribution in [2.24, 2.45) is 5.14 Å². The summed E-state index contributed by atoms with van der Waals surface area (Å²) in [6.07, 6.45) is -4.84. The number of rotatable bonds is 4. The van der Waals surface area contributed by atoms with Crippen LogP contribution in [0.3, 0.4) is 0 Å². The highest BCUT2D eigenvalue weighted by atomic mass is 32.2. The van der Waals surface area contributed by atoms with E-state index in [-0.39, 0.29) is 22.5 Å². The van der Waals surface area contributed by atoms with E-state index in [1.165, 1.54) is 29.0 Å². The summed E-state index contributed by atoms with van der Waals surface area (Å²) in [4.78, 5) is 3.17. The number of benzene rings is 2. The van der Waals surface area contributed by atoms with Gasteiger partial charge in [-0.3, -0.25) is 0 Å². The quantitative estimate of drug-likeness (QED) is 0.427. The summed E-state index contributed by atoms with van der Waals surface area (Å²) in [5.74, 6) is -2.00. The minimum Gasteiger partial charge on any atom is -0.245 e. The average molecular weight is 486 g/mol. The van der Waals surface area contributed by atoms with Gasteiger partial charge in [-0.25, -0.2) is 32.0 Å². The molecule has 2 heterocycles. The Morgan fingerprint density at radius 2 is 1.75 bits per heavy atom. The monoisotopic (exact) mass is 486 g/mol. The summed E-state index contributed by atoms with van der Waals surface area (Å²) in [5.41, 5.74) is 0.346. The van der Waals surface area contributed by atoms with Crippen molar-refractivity contribution in [2.45, 2.75) is 11.1 Å². The molecule has 166 valence electrons. The molecular formula is C19H11F5N4O2S2. The molecule has 0 atom stereocenters. The van der Waals surface area contributed by atoms with Gasteiger partial charge >= 0.3 is 6.18 Å². The molecule has 0 spiro atoms. The second-order valence-corrected chi connectivity index (χ2v) is 8.80. The summed E-state index contributed by atoms with van der Waals surface area (Å²) < 4.78 is 92.5. The Labute approximate surface area is 181 Å². The van der Waals surface area contributed by atoms with Crippen LogP contribution in [0.25, 0.3) is 28.2 Å². The minimum absolute atomic E-state index is 0.0282. The molecule has 0 bridgehead atoms. The van der Waals surface area contributed by atoms with Crippen molar-refractivity contribution < 1.29 is 30.4 Å². The zero-order valence-electron chi connectivity index (χ0n) is 15.6. The number of nitrogens with zero attached hydrogens (tertiary/aromatic N) is 3. The molecule has 0 fully saturated rings. The molecule has 2 aromatic carbocycles. The van der Waals surface area contributed by atoms with Gasteiger partial charge < -0.3 is 0 Å². The molecule has 6 nitrogen and oxygen atoms in total. The van der Waals surface area contributed by atoms with Crippen molar-refractivity contribution in [1.82, 2.24) is 14.8 Å². The number of thiazole rings is 1. The Kier molecular flexibility index (Phi) is 5.35. The van der Waals surface area contributed by atoms with Gasteiger partial charge in [-0.15, -0.1) is 11.3 Å². The Balaban J connectivity index is 1.88. The molecule has 0 aliphatic rings. The molecule has 4 rings (SSSR count). The Morgan fingerprint density at radius 1 is 1.00 bits per heavy atom. The average Bonchev–Trinajstić information content (AvgIpc) is 3.36. The third-order valence-corrected chi connectivity index (χ3v) is 5.97. The maximum atomic E-state index is 14.7. The zero-order valence-corrected chi connectivity index (χ0v) is 17.3. The third kappa shape index (κ3) is 4.13. The maximum Gasteiger partial charge on any atom is 0.435 e. The zero-order chi connectivity index (χ0) is 23.3. The van der Waals surface area contributed by atoms with Crippen LogP contribution in [0, 0.1) is 11.6 Å². The fraction of sp³-hybridized carbons (Fsp3) is 0.0526. The van der Waals surface area contributed by atoms with Crippen molar-refractivity contribution >= 4 is 21.4 Å². The van der Waals surface area contributed by atoms with Crippen LogP contribution in [0.15, 0.2) is 58.3 Å². The first-order chi connectivity index (χ1) is 14.9. The number of hydrogen-bond acceptors (Lipinski definition) is 5. The van der Waals surface area contributed by atoms with E-state index in [1.807, 2.05) is 0 Å². The van der Waals surface area contributed by atoms with Crippen LogP contribution in [-0.4, -0.2) is 23.2 Å². The lowest BCUT2D eigenvalue weighted by Gasteiger charge is -2.10. The Bertz CT molecular complexity index is 1410. The molecule has 2 aromatic heterocycles. The molecular weight excluding hydrogens is 475 g/mol. The molecule has 13 heteroatoms. The van der Waals surface area contributed by atoms with E-state index < -0.39 is 38.4 Å². The molecule has 4 aromatic rings. The van der Waals surface area contributed by atoms with Gasteiger partial charge in [-0.2, -0.15) is 18.3 Å². The molecule has 0 amide bonds. The summed E-state index contributed by atoms with van der Waals surface area (Å²) >= 11 is 1.25. The first-order valence-corrected chi connectivity index (χ1v) is 11.1. The van der Waals surface area contributed by atoms with E-state index >= 15 is 0 Å². The van der Waals surface area contributed by atoms with Crippen LogP contribution in [0.2, 0.25) is 0 Å². The van der Waals surface area contributed by atoms with E-state index in [0.717, 1.165) is 22.9 Å². The van der Waals surface area contributed by atoms with Gasteiger partial charge in [0.1, 0.15) is 16.5 Å². The van der Waals surface area contributed by atoms with Crippen molar-refractivity contribution in [1.29, 1.82) is 0 Å². The van der Waals surface area contributed by atoms with Gasteiger partial charge in [0.05, 0.1) is 22.6 Å². The van der Waals surface area contributed by atoms with Crippen molar-refractivity contribution in [3.63, 3.8) is 0 Å². The maximum absolute atomic E-state index is 14.7. The van der Waals surface area contributed by atoms with Gasteiger partial charge in [0.15, 0.2) is 5.69 Å². The number of sulfonamides is 1. The standard InChI is InChI=1S/C19H11F5N4O2S2/c20-13-5-10(1-3-12(13)15-8-31-9-26-15)16-7-18(19(22,23)24)27-28(16)11-2-4-17(14(21)6-11)32(25,29)30/h1-9H,(H2,25,29,30). The molecule has 0 saturated carbocycles. The van der Waals surface area contributed by atoms with Gasteiger partial charge in [-0.05, 0) is 30.3 Å². The van der Waals surface area contributed by atoms with Crippen LogP contribution in [0.5, 0.6) is 0 Å². The van der Waals surface area contributed by atoms with E-state index in [4.69, 9.17) is 5.14 Å². The van der Waals surface area contributed by atoms with Crippen molar-refractivity contribution in [2.75, 3.05) is 0 Å². The topological polar surface area (TPSA) is 90.9 Å². The highest BCUT2D eigenvalue weighted by molar-refractivity contribution is 7.89. The second-order valence-electron chi connectivity index (χ2n) is 6.55. The number of alkyl halides is 3. The largest absolute Gasteiger partial charge is 0.435 e. The predicted molar refractivity (Wildman–Crippen MR) is 106 cm³/mol. The smallest absolute Gasteiger partial charge is 0.245 e. The van der Waals surface area contributed by atoms with Gasteiger partial charge in [-0.1, -0.05) is 6.07 Å². The number of halogens is 5. The third-order valence-electron chi connectivity index (χ3n) is 4.44. The number of hydrogen-bond donors (Lipinski definition) is 1. The SMILES string of the molecule is NS(=O)(=O)c1ccc(-n2nc(C(F)(F)F)cc2-c2ccc(-c3cscn3)c(F)c2)cc1F. The predicted octanol–water partition coefficient (Wildman–Crippen LogP) is 4.61. The van der Waals surface area contributed by atoms with Crippen LogP contribution in [-0.2, 0) is 16.2 Å². The lowest BCUT2D eigenvalue weighted by molar-refractivity contribution is -0.141. The fourth-order valence-electron chi connectivity index (χ4n) is 3.00. The first kappa shape index (κ1) is 22.0. The van der Waals surface area contributed by atoms with Crippen LogP contribution < -0.4 is 5.14 Å². The number of aromatic nitrogens is 3. The summed E-state index contributed by atoms with van der Waals surface area (Å²) in [7, 11) is -4.38. The van der Waals surface area contributed by atoms with E-state index in [9.17, 15) is 30.4 Å². The highest BCUT2D eigenvalue weighted by Gasteiger charge is 2.35. The van der Waals surface area contributed by atoms with Crippen LogP contribution in [0.4, 0.5) is 22.0 Å². The van der Waals surface area contributed by atoms with Gasteiger partial charge in [0, 0.05) is 22.6 Å². The fourth-order valence-corrected chi connectivity index (χ4v) is 4.14. The molecule has 0 unspecified atom stereocenters. The summed E-state index contributed by atoms with van der Waals surface area (Å²) in [6, 6.07) is 6.95. The van der Waals surface area contributed by atoms with Crippen LogP contribution >= 0.6 is 11.3 Å². The van der Waals surface area contributed by atoms with Gasteiger partial charge in [0.25, 0.3) is 0 Å². The molecule has 0 radical (unpaired) electrons. The van der Waals surface area contributed by atoms with Crippen molar-refractivity contribution in [3.05, 3.63) is 70.7 Å². The molecule has 0 saturated heterocycles. The molecule has 0 aliphatic carbocycles. The number of primary sulfonamides is 1. The number of nitrogens with two attached hydrogens (primary N) is 1. The van der Waals surface area contributed by atoms with Crippen molar-refractivity contribution in [3.8, 4) is 28.2 Å².